The molecule has 122 valence electrons. The van der Waals surface area contributed by atoms with Gasteiger partial charge in [-0.25, -0.2) is 12.7 Å². The zero-order chi connectivity index (χ0) is 15.4. The SMILES string of the molecule is O=S(=O)(Cc1ccccc1)N1CCC[C@H](N2CCOCC2)C1. The number of benzene rings is 1. The Labute approximate surface area is 132 Å². The van der Waals surface area contributed by atoms with Gasteiger partial charge in [0.1, 0.15) is 0 Å². The summed E-state index contributed by atoms with van der Waals surface area (Å²) in [6.07, 6.45) is 2.02. The molecule has 0 unspecified atom stereocenters. The van der Waals surface area contributed by atoms with Crippen LogP contribution in [0.1, 0.15) is 18.4 Å². The highest BCUT2D eigenvalue weighted by Crippen LogP contribution is 2.21. The van der Waals surface area contributed by atoms with Gasteiger partial charge in [-0.05, 0) is 18.4 Å². The lowest BCUT2D eigenvalue weighted by Crippen LogP contribution is -2.52. The molecular weight excluding hydrogens is 300 g/mol. The van der Waals surface area contributed by atoms with Crippen molar-refractivity contribution >= 4 is 10.0 Å². The van der Waals surface area contributed by atoms with Crippen LogP contribution >= 0.6 is 0 Å². The molecule has 22 heavy (non-hydrogen) atoms. The Bertz CT molecular complexity index is 570. The first-order valence-electron chi connectivity index (χ1n) is 7.99. The van der Waals surface area contributed by atoms with Gasteiger partial charge in [-0.15, -0.1) is 0 Å². The molecule has 2 aliphatic rings. The largest absolute Gasteiger partial charge is 0.379 e. The fourth-order valence-electron chi connectivity index (χ4n) is 3.29. The minimum Gasteiger partial charge on any atom is -0.379 e. The molecule has 2 heterocycles. The Morgan fingerprint density at radius 2 is 1.82 bits per heavy atom. The highest BCUT2D eigenvalue weighted by atomic mass is 32.2. The van der Waals surface area contributed by atoms with Crippen molar-refractivity contribution in [2.45, 2.75) is 24.6 Å². The second kappa shape index (κ2) is 7.08. The highest BCUT2D eigenvalue weighted by molar-refractivity contribution is 7.88. The average Bonchev–Trinajstić information content (AvgIpc) is 2.56. The molecule has 2 fully saturated rings. The fourth-order valence-corrected chi connectivity index (χ4v) is 4.89. The van der Waals surface area contributed by atoms with Gasteiger partial charge < -0.3 is 4.74 Å². The first-order valence-corrected chi connectivity index (χ1v) is 9.59. The molecule has 2 saturated heterocycles. The van der Waals surface area contributed by atoms with Gasteiger partial charge in [0.15, 0.2) is 0 Å². The number of nitrogens with zero attached hydrogens (tertiary/aromatic N) is 2. The van der Waals surface area contributed by atoms with E-state index in [0.717, 1.165) is 44.7 Å². The highest BCUT2D eigenvalue weighted by Gasteiger charge is 2.32. The van der Waals surface area contributed by atoms with E-state index in [0.29, 0.717) is 19.1 Å². The van der Waals surface area contributed by atoms with Gasteiger partial charge in [0.2, 0.25) is 10.0 Å². The van der Waals surface area contributed by atoms with Crippen molar-refractivity contribution in [3.05, 3.63) is 35.9 Å². The molecule has 6 heteroatoms. The predicted molar refractivity (Wildman–Crippen MR) is 86.1 cm³/mol. The first-order chi connectivity index (χ1) is 10.6. The Balaban J connectivity index is 1.65. The summed E-state index contributed by atoms with van der Waals surface area (Å²) in [5.74, 6) is 0.101. The topological polar surface area (TPSA) is 49.9 Å². The van der Waals surface area contributed by atoms with Gasteiger partial charge in [-0.3, -0.25) is 4.90 Å². The second-order valence-corrected chi connectivity index (χ2v) is 8.01. The molecule has 0 N–H and O–H groups in total. The molecule has 3 rings (SSSR count). The van der Waals surface area contributed by atoms with Crippen LogP contribution < -0.4 is 0 Å². The van der Waals surface area contributed by atoms with E-state index in [1.165, 1.54) is 0 Å². The minimum atomic E-state index is -3.23. The standard InChI is InChI=1S/C16H24N2O3S/c19-22(20,14-15-5-2-1-3-6-15)18-8-4-7-16(13-18)17-9-11-21-12-10-17/h1-3,5-6,16H,4,7-14H2/t16-/m0/s1. The maximum Gasteiger partial charge on any atom is 0.218 e. The van der Waals surface area contributed by atoms with Crippen LogP contribution in [0.25, 0.3) is 0 Å². The van der Waals surface area contributed by atoms with Crippen LogP contribution in [-0.2, 0) is 20.5 Å². The lowest BCUT2D eigenvalue weighted by molar-refractivity contribution is 0.00537. The summed E-state index contributed by atoms with van der Waals surface area (Å²) in [6, 6.07) is 9.77. The summed E-state index contributed by atoms with van der Waals surface area (Å²) in [7, 11) is -3.23. The van der Waals surface area contributed by atoms with Gasteiger partial charge >= 0.3 is 0 Å². The van der Waals surface area contributed by atoms with Crippen LogP contribution in [0.15, 0.2) is 30.3 Å². The predicted octanol–water partition coefficient (Wildman–Crippen LogP) is 1.31. The maximum atomic E-state index is 12.7. The summed E-state index contributed by atoms with van der Waals surface area (Å²) in [5.41, 5.74) is 0.857. The minimum absolute atomic E-state index is 0.101. The molecule has 0 aromatic heterocycles. The lowest BCUT2D eigenvalue weighted by Gasteiger charge is -2.40. The number of hydrogen-bond donors (Lipinski definition) is 0. The first kappa shape index (κ1) is 15.9. The van der Waals surface area contributed by atoms with E-state index in [1.54, 1.807) is 4.31 Å². The molecule has 1 atom stereocenters. The smallest absolute Gasteiger partial charge is 0.218 e. The Morgan fingerprint density at radius 1 is 1.09 bits per heavy atom. The van der Waals surface area contributed by atoms with Crippen molar-refractivity contribution in [3.8, 4) is 0 Å². The number of morpholine rings is 1. The van der Waals surface area contributed by atoms with E-state index < -0.39 is 10.0 Å². The van der Waals surface area contributed by atoms with Crippen molar-refractivity contribution in [2.24, 2.45) is 0 Å². The lowest BCUT2D eigenvalue weighted by atomic mass is 10.1. The quantitative estimate of drug-likeness (QED) is 0.838. The Morgan fingerprint density at radius 3 is 2.55 bits per heavy atom. The van der Waals surface area contributed by atoms with E-state index in [1.807, 2.05) is 30.3 Å². The normalized spacial score (nSPS) is 25.2. The van der Waals surface area contributed by atoms with E-state index >= 15 is 0 Å². The van der Waals surface area contributed by atoms with Crippen molar-refractivity contribution in [1.82, 2.24) is 9.21 Å². The van der Waals surface area contributed by atoms with Crippen molar-refractivity contribution < 1.29 is 13.2 Å². The summed E-state index contributed by atoms with van der Waals surface area (Å²) in [4.78, 5) is 2.38. The molecule has 0 spiro atoms. The van der Waals surface area contributed by atoms with Crippen LogP contribution in [0.5, 0.6) is 0 Å². The number of piperidine rings is 1. The molecular formula is C16H24N2O3S. The van der Waals surface area contributed by atoms with Crippen LogP contribution in [0.3, 0.4) is 0 Å². The molecule has 0 bridgehead atoms. The second-order valence-electron chi connectivity index (χ2n) is 6.04. The Hall–Kier alpha value is -0.950. The maximum absolute atomic E-state index is 12.7. The number of sulfonamides is 1. The molecule has 5 nitrogen and oxygen atoms in total. The monoisotopic (exact) mass is 324 g/mol. The molecule has 2 aliphatic heterocycles. The van der Waals surface area contributed by atoms with E-state index in [9.17, 15) is 8.42 Å². The van der Waals surface area contributed by atoms with Gasteiger partial charge in [0.25, 0.3) is 0 Å². The summed E-state index contributed by atoms with van der Waals surface area (Å²) in [6.45, 7) is 4.61. The molecule has 1 aromatic rings. The van der Waals surface area contributed by atoms with E-state index in [2.05, 4.69) is 4.90 Å². The van der Waals surface area contributed by atoms with Crippen LogP contribution in [0.2, 0.25) is 0 Å². The molecule has 1 aromatic carbocycles. The molecule has 0 radical (unpaired) electrons. The molecule has 0 saturated carbocycles. The fraction of sp³-hybridized carbons (Fsp3) is 0.625. The molecule has 0 amide bonds. The van der Waals surface area contributed by atoms with Crippen molar-refractivity contribution in [1.29, 1.82) is 0 Å². The third-order valence-electron chi connectivity index (χ3n) is 4.51. The van der Waals surface area contributed by atoms with Gasteiger partial charge in [-0.1, -0.05) is 30.3 Å². The summed E-state index contributed by atoms with van der Waals surface area (Å²) >= 11 is 0. The van der Waals surface area contributed by atoms with Gasteiger partial charge in [0.05, 0.1) is 19.0 Å². The van der Waals surface area contributed by atoms with Crippen LogP contribution in [0, 0.1) is 0 Å². The summed E-state index contributed by atoms with van der Waals surface area (Å²) in [5, 5.41) is 0. The van der Waals surface area contributed by atoms with E-state index in [4.69, 9.17) is 4.74 Å². The Kier molecular flexibility index (Phi) is 5.13. The summed E-state index contributed by atoms with van der Waals surface area (Å²) < 4.78 is 32.4. The number of hydrogen-bond acceptors (Lipinski definition) is 4. The van der Waals surface area contributed by atoms with Crippen LogP contribution in [0.4, 0.5) is 0 Å². The zero-order valence-electron chi connectivity index (χ0n) is 12.9. The number of ether oxygens (including phenoxy) is 1. The third kappa shape index (κ3) is 3.87. The van der Waals surface area contributed by atoms with Gasteiger partial charge in [-0.2, -0.15) is 0 Å². The third-order valence-corrected chi connectivity index (χ3v) is 6.32. The molecule has 0 aliphatic carbocycles. The van der Waals surface area contributed by atoms with Crippen molar-refractivity contribution in [3.63, 3.8) is 0 Å². The average molecular weight is 324 g/mol. The number of rotatable bonds is 4. The zero-order valence-corrected chi connectivity index (χ0v) is 13.7. The van der Waals surface area contributed by atoms with E-state index in [-0.39, 0.29) is 5.75 Å². The van der Waals surface area contributed by atoms with Crippen LogP contribution in [-0.4, -0.2) is 63.1 Å². The van der Waals surface area contributed by atoms with Gasteiger partial charge in [0, 0.05) is 32.2 Å². The van der Waals surface area contributed by atoms with Crippen molar-refractivity contribution in [2.75, 3.05) is 39.4 Å².